The van der Waals surface area contributed by atoms with Gasteiger partial charge in [-0.3, -0.25) is 4.57 Å². The summed E-state index contributed by atoms with van der Waals surface area (Å²) in [6.45, 7) is 7.44. The Morgan fingerprint density at radius 1 is 0.976 bits per heavy atom. The quantitative estimate of drug-likeness (QED) is 0.160. The van der Waals surface area contributed by atoms with Gasteiger partial charge in [0, 0.05) is 6.16 Å². The first-order valence-corrected chi connectivity index (χ1v) is 15.7. The van der Waals surface area contributed by atoms with E-state index in [1.165, 1.54) is 28.2 Å². The highest BCUT2D eigenvalue weighted by molar-refractivity contribution is 7.59. The average Bonchev–Trinajstić information content (AvgIpc) is 3.37. The number of hydrogen-bond donors (Lipinski definition) is 1. The van der Waals surface area contributed by atoms with Gasteiger partial charge in [0.2, 0.25) is 0 Å². The van der Waals surface area contributed by atoms with Gasteiger partial charge in [0.05, 0.1) is 32.2 Å². The van der Waals surface area contributed by atoms with Crippen molar-refractivity contribution < 1.29 is 18.6 Å². The van der Waals surface area contributed by atoms with Crippen LogP contribution in [0.5, 0.6) is 5.75 Å². The Hall–Kier alpha value is -3.78. The van der Waals surface area contributed by atoms with Crippen LogP contribution in [0.3, 0.4) is 0 Å². The van der Waals surface area contributed by atoms with Crippen LogP contribution in [0, 0.1) is 12.8 Å². The summed E-state index contributed by atoms with van der Waals surface area (Å²) in [5.41, 5.74) is 9.46. The predicted octanol–water partition coefficient (Wildman–Crippen LogP) is 6.44. The third kappa shape index (κ3) is 7.11. The Morgan fingerprint density at radius 2 is 1.76 bits per heavy atom. The SMILES string of the molecule is Cc1ccc2ccccc2c1COCC(C)CP(=O)(CO[C@H](C)Cn1cnc2c(N)ncnc21)Oc1ccccc1. The Kier molecular flexibility index (Phi) is 8.98. The van der Waals surface area contributed by atoms with Crippen molar-refractivity contribution in [2.24, 2.45) is 5.92 Å². The number of imidazole rings is 1. The number of para-hydroxylation sites is 1. The topological polar surface area (TPSA) is 114 Å². The van der Waals surface area contributed by atoms with Crippen molar-refractivity contribution in [1.29, 1.82) is 0 Å². The molecule has 0 aliphatic carbocycles. The summed E-state index contributed by atoms with van der Waals surface area (Å²) >= 11 is 0. The van der Waals surface area contributed by atoms with Gasteiger partial charge in [0.1, 0.15) is 23.9 Å². The number of anilines is 1. The number of rotatable bonds is 13. The van der Waals surface area contributed by atoms with E-state index in [1.54, 1.807) is 6.33 Å². The second kappa shape index (κ2) is 12.8. The Morgan fingerprint density at radius 3 is 2.59 bits per heavy atom. The molecule has 0 aliphatic rings. The monoisotopic (exact) mass is 573 g/mol. The first-order chi connectivity index (χ1) is 19.8. The fraction of sp³-hybridized carbons (Fsp3) is 0.323. The number of benzene rings is 3. The van der Waals surface area contributed by atoms with Gasteiger partial charge < -0.3 is 24.3 Å². The van der Waals surface area contributed by atoms with Gasteiger partial charge in [0.25, 0.3) is 7.37 Å². The van der Waals surface area contributed by atoms with Gasteiger partial charge in [-0.2, -0.15) is 0 Å². The van der Waals surface area contributed by atoms with Crippen LogP contribution in [-0.2, 0) is 27.2 Å². The van der Waals surface area contributed by atoms with Crippen LogP contribution in [0.4, 0.5) is 5.82 Å². The minimum Gasteiger partial charge on any atom is -0.441 e. The number of nitrogens with zero attached hydrogens (tertiary/aromatic N) is 4. The number of aryl methyl sites for hydroxylation is 1. The predicted molar refractivity (Wildman–Crippen MR) is 162 cm³/mol. The molecule has 0 spiro atoms. The summed E-state index contributed by atoms with van der Waals surface area (Å²) in [6.07, 6.45) is 3.08. The Labute approximate surface area is 240 Å². The van der Waals surface area contributed by atoms with Crippen molar-refractivity contribution in [1.82, 2.24) is 19.5 Å². The third-order valence-electron chi connectivity index (χ3n) is 6.97. The highest BCUT2D eigenvalue weighted by Gasteiger charge is 2.29. The fourth-order valence-electron chi connectivity index (χ4n) is 4.92. The molecule has 2 unspecified atom stereocenters. The molecule has 0 saturated heterocycles. The maximum absolute atomic E-state index is 14.2. The van der Waals surface area contributed by atoms with Crippen molar-refractivity contribution in [3.63, 3.8) is 0 Å². The molecule has 3 atom stereocenters. The van der Waals surface area contributed by atoms with E-state index in [1.807, 2.05) is 60.9 Å². The van der Waals surface area contributed by atoms with Crippen LogP contribution in [0.25, 0.3) is 21.9 Å². The minimum atomic E-state index is -3.23. The van der Waals surface area contributed by atoms with Gasteiger partial charge in [-0.15, -0.1) is 0 Å². The van der Waals surface area contributed by atoms with Crippen LogP contribution in [0.2, 0.25) is 0 Å². The summed E-state index contributed by atoms with van der Waals surface area (Å²) < 4.78 is 34.4. The maximum Gasteiger partial charge on any atom is 0.273 e. The molecule has 0 fully saturated rings. The number of nitrogen functional groups attached to an aromatic ring is 1. The molecule has 2 aromatic heterocycles. The standard InChI is InChI=1S/C31H36N5O4P/c1-22(16-38-17-28-23(2)13-14-25-9-7-8-12-27(25)28)18-41(37,40-26-10-5-4-6-11-26)21-39-24(3)15-36-20-35-29-30(32)33-19-34-31(29)36/h4-14,19-20,22,24H,15-18,21H2,1-3H3,(H2,32,33,34)/t22?,24-,41?/m1/s1. The van der Waals surface area contributed by atoms with Gasteiger partial charge in [-0.05, 0) is 53.8 Å². The highest BCUT2D eigenvalue weighted by atomic mass is 31.2. The van der Waals surface area contributed by atoms with Crippen molar-refractivity contribution >= 4 is 35.1 Å². The van der Waals surface area contributed by atoms with Crippen LogP contribution >= 0.6 is 7.37 Å². The maximum atomic E-state index is 14.2. The van der Waals surface area contributed by atoms with E-state index < -0.39 is 7.37 Å². The molecule has 214 valence electrons. The van der Waals surface area contributed by atoms with Gasteiger partial charge in [0.15, 0.2) is 11.5 Å². The largest absolute Gasteiger partial charge is 0.441 e. The summed E-state index contributed by atoms with van der Waals surface area (Å²) in [7, 11) is -3.23. The molecular weight excluding hydrogens is 537 g/mol. The van der Waals surface area contributed by atoms with Gasteiger partial charge >= 0.3 is 0 Å². The molecule has 0 saturated carbocycles. The molecule has 9 nitrogen and oxygen atoms in total. The molecule has 0 amide bonds. The molecule has 3 aromatic carbocycles. The normalized spacial score (nSPS) is 14.6. The summed E-state index contributed by atoms with van der Waals surface area (Å²) in [5, 5.41) is 2.39. The van der Waals surface area contributed by atoms with Crippen LogP contribution < -0.4 is 10.3 Å². The third-order valence-corrected chi connectivity index (χ3v) is 9.23. The van der Waals surface area contributed by atoms with E-state index in [0.717, 1.165) is 0 Å². The number of nitrogens with two attached hydrogens (primary N) is 1. The molecular formula is C31H36N5O4P. The Balaban J connectivity index is 1.22. The lowest BCUT2D eigenvalue weighted by Gasteiger charge is -2.25. The molecule has 0 aliphatic heterocycles. The summed E-state index contributed by atoms with van der Waals surface area (Å²) in [6, 6.07) is 21.8. The smallest absolute Gasteiger partial charge is 0.273 e. The number of fused-ring (bicyclic) bond motifs is 2. The fourth-order valence-corrected chi connectivity index (χ4v) is 7.19. The van der Waals surface area contributed by atoms with E-state index in [4.69, 9.17) is 19.7 Å². The molecule has 0 bridgehead atoms. The molecule has 2 N–H and O–H groups in total. The molecule has 0 radical (unpaired) electrons. The highest BCUT2D eigenvalue weighted by Crippen LogP contribution is 2.49. The Bertz CT molecular complexity index is 1660. The van der Waals surface area contributed by atoms with Crippen LogP contribution in [0.15, 0.2) is 79.4 Å². The van der Waals surface area contributed by atoms with Crippen LogP contribution in [-0.4, -0.2) is 44.7 Å². The minimum absolute atomic E-state index is 0.0176. The molecule has 5 rings (SSSR count). The number of aromatic nitrogens is 4. The van der Waals surface area contributed by atoms with Crippen molar-refractivity contribution in [2.75, 3.05) is 24.9 Å². The first-order valence-electron chi connectivity index (χ1n) is 13.7. The van der Waals surface area contributed by atoms with Gasteiger partial charge in [-0.25, -0.2) is 15.0 Å². The van der Waals surface area contributed by atoms with Gasteiger partial charge in [-0.1, -0.05) is 61.5 Å². The lowest BCUT2D eigenvalue weighted by molar-refractivity contribution is 0.0804. The second-order valence-corrected chi connectivity index (χ2v) is 13.0. The zero-order valence-electron chi connectivity index (χ0n) is 23.6. The van der Waals surface area contributed by atoms with Crippen molar-refractivity contribution in [3.05, 3.63) is 90.5 Å². The lowest BCUT2D eigenvalue weighted by atomic mass is 10.0. The summed E-state index contributed by atoms with van der Waals surface area (Å²) in [5.74, 6) is 0.866. The van der Waals surface area contributed by atoms with E-state index in [9.17, 15) is 4.57 Å². The van der Waals surface area contributed by atoms with E-state index in [0.29, 0.717) is 48.7 Å². The van der Waals surface area contributed by atoms with E-state index in [2.05, 4.69) is 46.1 Å². The number of hydrogen-bond acceptors (Lipinski definition) is 8. The summed E-state index contributed by atoms with van der Waals surface area (Å²) in [4.78, 5) is 12.6. The van der Waals surface area contributed by atoms with Crippen LogP contribution in [0.1, 0.15) is 25.0 Å². The molecule has 5 aromatic rings. The lowest BCUT2D eigenvalue weighted by Crippen LogP contribution is -2.21. The molecule has 10 heteroatoms. The zero-order valence-corrected chi connectivity index (χ0v) is 24.5. The van der Waals surface area contributed by atoms with Crippen molar-refractivity contribution in [2.45, 2.75) is 40.0 Å². The van der Waals surface area contributed by atoms with E-state index in [-0.39, 0.29) is 18.4 Å². The van der Waals surface area contributed by atoms with E-state index >= 15 is 0 Å². The average molecular weight is 574 g/mol. The molecule has 2 heterocycles. The second-order valence-electron chi connectivity index (χ2n) is 10.5. The zero-order chi connectivity index (χ0) is 28.8. The number of ether oxygens (including phenoxy) is 2. The first kappa shape index (κ1) is 28.7. The molecule has 41 heavy (non-hydrogen) atoms. The van der Waals surface area contributed by atoms with Crippen molar-refractivity contribution in [3.8, 4) is 5.75 Å².